The van der Waals surface area contributed by atoms with Crippen molar-refractivity contribution in [1.82, 2.24) is 4.90 Å². The van der Waals surface area contributed by atoms with Gasteiger partial charge in [-0.05, 0) is 48.8 Å². The lowest BCUT2D eigenvalue weighted by Gasteiger charge is -2.15. The van der Waals surface area contributed by atoms with Gasteiger partial charge in [0, 0.05) is 6.54 Å². The van der Waals surface area contributed by atoms with E-state index < -0.39 is 10.1 Å². The molecule has 1 rings (SSSR count). The lowest BCUT2D eigenvalue weighted by atomic mass is 10.3. The normalized spacial score (nSPS) is 12.2. The Hall–Kier alpha value is -0.430. The van der Waals surface area contributed by atoms with Crippen molar-refractivity contribution < 1.29 is 13.0 Å². The molecule has 0 radical (unpaired) electrons. The summed E-state index contributed by atoms with van der Waals surface area (Å²) in [5.74, 6) is -0.140. The molecule has 4 nitrogen and oxygen atoms in total. The molecule has 0 bridgehead atoms. The van der Waals surface area contributed by atoms with Crippen LogP contribution < -0.4 is 0 Å². The SMILES string of the molecule is CN(CCCCS(=O)(=O)O)Cc1ccsc1. The van der Waals surface area contributed by atoms with Crippen LogP contribution in [0.15, 0.2) is 16.8 Å². The van der Waals surface area contributed by atoms with E-state index in [2.05, 4.69) is 16.3 Å². The number of unbranched alkanes of at least 4 members (excludes halogenated alkanes) is 1. The van der Waals surface area contributed by atoms with Crippen molar-refractivity contribution in [2.75, 3.05) is 19.3 Å². The van der Waals surface area contributed by atoms with E-state index in [9.17, 15) is 8.42 Å². The average Bonchev–Trinajstić information content (AvgIpc) is 2.63. The van der Waals surface area contributed by atoms with E-state index in [1.165, 1.54) is 5.56 Å². The highest BCUT2D eigenvalue weighted by Gasteiger charge is 2.05. The Morgan fingerprint density at radius 3 is 2.75 bits per heavy atom. The van der Waals surface area contributed by atoms with E-state index in [1.54, 1.807) is 11.3 Å². The first kappa shape index (κ1) is 13.6. The molecule has 0 aliphatic heterocycles. The highest BCUT2D eigenvalue weighted by molar-refractivity contribution is 7.85. The summed E-state index contributed by atoms with van der Waals surface area (Å²) in [5.41, 5.74) is 1.28. The van der Waals surface area contributed by atoms with Gasteiger partial charge in [-0.25, -0.2) is 0 Å². The van der Waals surface area contributed by atoms with Crippen LogP contribution in [0, 0.1) is 0 Å². The van der Waals surface area contributed by atoms with Crippen LogP contribution in [0.1, 0.15) is 18.4 Å². The summed E-state index contributed by atoms with van der Waals surface area (Å²) >= 11 is 1.67. The highest BCUT2D eigenvalue weighted by atomic mass is 32.2. The molecule has 1 aromatic heterocycles. The number of nitrogens with zero attached hydrogens (tertiary/aromatic N) is 1. The molecule has 0 fully saturated rings. The van der Waals surface area contributed by atoms with Gasteiger partial charge < -0.3 is 4.90 Å². The average molecular weight is 263 g/mol. The Labute approximate surface area is 101 Å². The van der Waals surface area contributed by atoms with Crippen LogP contribution in [0.3, 0.4) is 0 Å². The second-order valence-electron chi connectivity index (χ2n) is 3.86. The van der Waals surface area contributed by atoms with Crippen molar-refractivity contribution in [3.8, 4) is 0 Å². The Kier molecular flexibility index (Phi) is 5.40. The van der Waals surface area contributed by atoms with Crippen molar-refractivity contribution in [1.29, 1.82) is 0 Å². The molecule has 1 heterocycles. The lowest BCUT2D eigenvalue weighted by Crippen LogP contribution is -2.19. The predicted octanol–water partition coefficient (Wildman–Crippen LogP) is 1.85. The molecule has 6 heteroatoms. The van der Waals surface area contributed by atoms with Crippen molar-refractivity contribution >= 4 is 21.5 Å². The molecule has 0 unspecified atom stereocenters. The fraction of sp³-hybridized carbons (Fsp3) is 0.600. The molecule has 0 saturated heterocycles. The molecule has 0 atom stereocenters. The van der Waals surface area contributed by atoms with Crippen molar-refractivity contribution in [3.63, 3.8) is 0 Å². The molecule has 0 spiro atoms. The summed E-state index contributed by atoms with van der Waals surface area (Å²) in [5, 5.41) is 4.15. The minimum absolute atomic E-state index is 0.140. The zero-order valence-electron chi connectivity index (χ0n) is 9.30. The Balaban J connectivity index is 2.14. The van der Waals surface area contributed by atoms with Crippen LogP contribution >= 0.6 is 11.3 Å². The number of rotatable bonds is 7. The summed E-state index contributed by atoms with van der Waals surface area (Å²) in [4.78, 5) is 2.14. The zero-order valence-corrected chi connectivity index (χ0v) is 10.9. The van der Waals surface area contributed by atoms with Gasteiger partial charge in [-0.15, -0.1) is 0 Å². The first-order valence-corrected chi connectivity index (χ1v) is 7.67. The Bertz CT molecular complexity index is 386. The lowest BCUT2D eigenvalue weighted by molar-refractivity contribution is 0.321. The van der Waals surface area contributed by atoms with Crippen molar-refractivity contribution in [2.45, 2.75) is 19.4 Å². The summed E-state index contributed by atoms with van der Waals surface area (Å²) in [6.45, 7) is 1.72. The third-order valence-corrected chi connectivity index (χ3v) is 3.76. The molecule has 1 N–H and O–H groups in total. The van der Waals surface area contributed by atoms with Crippen LogP contribution in [-0.2, 0) is 16.7 Å². The van der Waals surface area contributed by atoms with Gasteiger partial charge in [0.1, 0.15) is 0 Å². The second kappa shape index (κ2) is 6.34. The molecule has 0 aromatic carbocycles. The molecule has 16 heavy (non-hydrogen) atoms. The van der Waals surface area contributed by atoms with Crippen molar-refractivity contribution in [2.24, 2.45) is 0 Å². The van der Waals surface area contributed by atoms with E-state index in [4.69, 9.17) is 4.55 Å². The van der Waals surface area contributed by atoms with Crippen LogP contribution in [-0.4, -0.2) is 37.2 Å². The summed E-state index contributed by atoms with van der Waals surface area (Å²) < 4.78 is 29.5. The van der Waals surface area contributed by atoms with Crippen LogP contribution in [0.2, 0.25) is 0 Å². The van der Waals surface area contributed by atoms with Gasteiger partial charge in [0.05, 0.1) is 5.75 Å². The van der Waals surface area contributed by atoms with Crippen molar-refractivity contribution in [3.05, 3.63) is 22.4 Å². The fourth-order valence-corrected chi connectivity index (χ4v) is 2.67. The van der Waals surface area contributed by atoms with Gasteiger partial charge in [-0.2, -0.15) is 19.8 Å². The number of hydrogen-bond donors (Lipinski definition) is 1. The van der Waals surface area contributed by atoms with E-state index in [1.807, 2.05) is 12.4 Å². The van der Waals surface area contributed by atoms with E-state index in [-0.39, 0.29) is 5.75 Å². The van der Waals surface area contributed by atoms with E-state index >= 15 is 0 Å². The molecule has 0 amide bonds. The first-order valence-electron chi connectivity index (χ1n) is 5.12. The van der Waals surface area contributed by atoms with Gasteiger partial charge in [0.25, 0.3) is 10.1 Å². The van der Waals surface area contributed by atoms with Gasteiger partial charge in [0.2, 0.25) is 0 Å². The fourth-order valence-electron chi connectivity index (χ4n) is 1.44. The number of hydrogen-bond acceptors (Lipinski definition) is 4. The molecule has 1 aromatic rings. The Morgan fingerprint density at radius 1 is 1.44 bits per heavy atom. The van der Waals surface area contributed by atoms with E-state index in [0.29, 0.717) is 6.42 Å². The number of thiophene rings is 1. The standard InChI is InChI=1S/C10H17NO3S2/c1-11(8-10-4-6-15-9-10)5-2-3-7-16(12,13)14/h4,6,9H,2-3,5,7-8H2,1H3,(H,12,13,14). The van der Waals surface area contributed by atoms with E-state index in [0.717, 1.165) is 19.5 Å². The maximum Gasteiger partial charge on any atom is 0.264 e. The zero-order chi connectivity index (χ0) is 12.0. The van der Waals surface area contributed by atoms with Gasteiger partial charge in [-0.3, -0.25) is 4.55 Å². The van der Waals surface area contributed by atoms with Crippen LogP contribution in [0.25, 0.3) is 0 Å². The molecule has 0 aliphatic rings. The third kappa shape index (κ3) is 6.22. The summed E-state index contributed by atoms with van der Waals surface area (Å²) in [6, 6.07) is 2.08. The molecular formula is C10H17NO3S2. The monoisotopic (exact) mass is 263 g/mol. The third-order valence-electron chi connectivity index (χ3n) is 2.22. The smallest absolute Gasteiger partial charge is 0.264 e. The molecule has 0 saturated carbocycles. The van der Waals surface area contributed by atoms with Gasteiger partial charge in [0.15, 0.2) is 0 Å². The van der Waals surface area contributed by atoms with Crippen LogP contribution in [0.4, 0.5) is 0 Å². The van der Waals surface area contributed by atoms with Gasteiger partial charge in [-0.1, -0.05) is 0 Å². The quantitative estimate of drug-likeness (QED) is 0.602. The molecule has 92 valence electrons. The second-order valence-corrected chi connectivity index (χ2v) is 6.21. The maximum absolute atomic E-state index is 10.5. The predicted molar refractivity (Wildman–Crippen MR) is 66.3 cm³/mol. The van der Waals surface area contributed by atoms with Gasteiger partial charge >= 0.3 is 0 Å². The topological polar surface area (TPSA) is 57.6 Å². The minimum atomic E-state index is -3.79. The largest absolute Gasteiger partial charge is 0.302 e. The minimum Gasteiger partial charge on any atom is -0.302 e. The molecule has 0 aliphatic carbocycles. The summed E-state index contributed by atoms with van der Waals surface area (Å²) in [6.07, 6.45) is 1.28. The highest BCUT2D eigenvalue weighted by Crippen LogP contribution is 2.08. The van der Waals surface area contributed by atoms with Crippen LogP contribution in [0.5, 0.6) is 0 Å². The summed E-state index contributed by atoms with van der Waals surface area (Å²) in [7, 11) is -1.78. The maximum atomic E-state index is 10.5. The first-order chi connectivity index (χ1) is 7.47. The Morgan fingerprint density at radius 2 is 2.19 bits per heavy atom. The molecular weight excluding hydrogens is 246 g/mol.